The first-order valence-electron chi connectivity index (χ1n) is 5.54. The Morgan fingerprint density at radius 3 is 2.83 bits per heavy atom. The average Bonchev–Trinajstić information content (AvgIpc) is 2.40. The number of rotatable bonds is 4. The van der Waals surface area contributed by atoms with Crippen LogP contribution in [0.3, 0.4) is 0 Å². The van der Waals surface area contributed by atoms with Gasteiger partial charge in [-0.05, 0) is 19.2 Å². The third-order valence-electron chi connectivity index (χ3n) is 2.55. The summed E-state index contributed by atoms with van der Waals surface area (Å²) < 4.78 is 5.29. The van der Waals surface area contributed by atoms with E-state index >= 15 is 0 Å². The SMILES string of the molecule is CNCc1ccc(-c2ccncc2Cl)nc1OC. The van der Waals surface area contributed by atoms with E-state index < -0.39 is 0 Å². The number of hydrogen-bond acceptors (Lipinski definition) is 4. The lowest BCUT2D eigenvalue weighted by Gasteiger charge is -2.10. The number of ether oxygens (including phenoxy) is 1. The van der Waals surface area contributed by atoms with Crippen molar-refractivity contribution < 1.29 is 4.74 Å². The Hall–Kier alpha value is -1.65. The molecule has 0 aliphatic carbocycles. The fourth-order valence-electron chi connectivity index (χ4n) is 1.70. The Bertz CT molecular complexity index is 546. The molecule has 1 N–H and O–H groups in total. The van der Waals surface area contributed by atoms with Crippen LogP contribution < -0.4 is 10.1 Å². The molecule has 2 aromatic rings. The largest absolute Gasteiger partial charge is 0.481 e. The maximum atomic E-state index is 6.10. The van der Waals surface area contributed by atoms with Crippen molar-refractivity contribution in [3.05, 3.63) is 41.2 Å². The topological polar surface area (TPSA) is 47.0 Å². The van der Waals surface area contributed by atoms with Gasteiger partial charge in [-0.2, -0.15) is 0 Å². The Morgan fingerprint density at radius 1 is 1.33 bits per heavy atom. The molecule has 0 aromatic carbocycles. The summed E-state index contributed by atoms with van der Waals surface area (Å²) in [6.07, 6.45) is 3.30. The molecule has 0 unspecified atom stereocenters. The quantitative estimate of drug-likeness (QED) is 0.921. The maximum absolute atomic E-state index is 6.10. The summed E-state index contributed by atoms with van der Waals surface area (Å²) in [6.45, 7) is 0.709. The Labute approximate surface area is 111 Å². The lowest BCUT2D eigenvalue weighted by Crippen LogP contribution is -2.07. The van der Waals surface area contributed by atoms with Crippen LogP contribution in [0.15, 0.2) is 30.6 Å². The molecule has 0 saturated heterocycles. The second-order valence-corrected chi connectivity index (χ2v) is 4.16. The molecule has 0 fully saturated rings. The lowest BCUT2D eigenvalue weighted by atomic mass is 10.1. The number of halogens is 1. The van der Waals surface area contributed by atoms with Gasteiger partial charge in [0.25, 0.3) is 0 Å². The molecular formula is C13H14ClN3O. The van der Waals surface area contributed by atoms with Crippen LogP contribution >= 0.6 is 11.6 Å². The van der Waals surface area contributed by atoms with Crippen LogP contribution in [-0.2, 0) is 6.54 Å². The van der Waals surface area contributed by atoms with E-state index in [-0.39, 0.29) is 0 Å². The predicted octanol–water partition coefficient (Wildman–Crippen LogP) is 2.53. The third-order valence-corrected chi connectivity index (χ3v) is 2.85. The van der Waals surface area contributed by atoms with Crippen molar-refractivity contribution in [1.82, 2.24) is 15.3 Å². The molecule has 2 aromatic heterocycles. The van der Waals surface area contributed by atoms with Crippen LogP contribution in [0.2, 0.25) is 5.02 Å². The molecule has 0 atom stereocenters. The van der Waals surface area contributed by atoms with Crippen LogP contribution in [0.1, 0.15) is 5.56 Å². The predicted molar refractivity (Wildman–Crippen MR) is 71.8 cm³/mol. The van der Waals surface area contributed by atoms with E-state index in [1.54, 1.807) is 19.5 Å². The van der Waals surface area contributed by atoms with Crippen molar-refractivity contribution in [1.29, 1.82) is 0 Å². The van der Waals surface area contributed by atoms with Gasteiger partial charge in [0, 0.05) is 30.1 Å². The first-order valence-corrected chi connectivity index (χ1v) is 5.92. The summed E-state index contributed by atoms with van der Waals surface area (Å²) in [7, 11) is 3.49. The number of pyridine rings is 2. The Morgan fingerprint density at radius 2 is 2.17 bits per heavy atom. The summed E-state index contributed by atoms with van der Waals surface area (Å²) in [4.78, 5) is 8.43. The van der Waals surface area contributed by atoms with Crippen LogP contribution in [0.5, 0.6) is 5.88 Å². The van der Waals surface area contributed by atoms with Crippen LogP contribution in [0.25, 0.3) is 11.3 Å². The molecule has 4 nitrogen and oxygen atoms in total. The first kappa shape index (κ1) is 12.8. The summed E-state index contributed by atoms with van der Waals surface area (Å²) in [5.41, 5.74) is 2.63. The summed E-state index contributed by atoms with van der Waals surface area (Å²) in [5, 5.41) is 3.65. The zero-order valence-electron chi connectivity index (χ0n) is 10.3. The molecule has 0 saturated carbocycles. The van der Waals surface area contributed by atoms with Gasteiger partial charge in [-0.25, -0.2) is 4.98 Å². The maximum Gasteiger partial charge on any atom is 0.218 e. The molecule has 18 heavy (non-hydrogen) atoms. The van der Waals surface area contributed by atoms with E-state index in [2.05, 4.69) is 15.3 Å². The number of nitrogens with zero attached hydrogens (tertiary/aromatic N) is 2. The fourth-order valence-corrected chi connectivity index (χ4v) is 1.92. The van der Waals surface area contributed by atoms with Crippen molar-refractivity contribution in [2.45, 2.75) is 6.54 Å². The highest BCUT2D eigenvalue weighted by molar-refractivity contribution is 6.33. The normalized spacial score (nSPS) is 10.4. The second-order valence-electron chi connectivity index (χ2n) is 3.75. The van der Waals surface area contributed by atoms with Gasteiger partial charge in [0.1, 0.15) is 0 Å². The molecule has 0 radical (unpaired) electrons. The highest BCUT2D eigenvalue weighted by atomic mass is 35.5. The molecule has 0 spiro atoms. The molecule has 0 amide bonds. The smallest absolute Gasteiger partial charge is 0.218 e. The van der Waals surface area contributed by atoms with E-state index in [1.165, 1.54) is 0 Å². The van der Waals surface area contributed by atoms with Gasteiger partial charge in [0.15, 0.2) is 0 Å². The lowest BCUT2D eigenvalue weighted by molar-refractivity contribution is 0.392. The van der Waals surface area contributed by atoms with Crippen LogP contribution in [-0.4, -0.2) is 24.1 Å². The molecule has 0 aliphatic rings. The molecule has 2 rings (SSSR count). The highest BCUT2D eigenvalue weighted by Crippen LogP contribution is 2.28. The van der Waals surface area contributed by atoms with Gasteiger partial charge in [-0.3, -0.25) is 4.98 Å². The van der Waals surface area contributed by atoms with E-state index in [9.17, 15) is 0 Å². The number of aromatic nitrogens is 2. The molecule has 94 valence electrons. The zero-order chi connectivity index (χ0) is 13.0. The minimum Gasteiger partial charge on any atom is -0.481 e. The van der Waals surface area contributed by atoms with Gasteiger partial charge in [0.2, 0.25) is 5.88 Å². The monoisotopic (exact) mass is 263 g/mol. The van der Waals surface area contributed by atoms with Crippen molar-refractivity contribution in [2.75, 3.05) is 14.2 Å². The number of nitrogens with one attached hydrogen (secondary N) is 1. The van der Waals surface area contributed by atoms with E-state index in [0.29, 0.717) is 17.4 Å². The molecule has 5 heteroatoms. The van der Waals surface area contributed by atoms with E-state index in [1.807, 2.05) is 25.2 Å². The Balaban J connectivity index is 2.44. The molecule has 0 bridgehead atoms. The van der Waals surface area contributed by atoms with Crippen molar-refractivity contribution in [3.8, 4) is 17.1 Å². The van der Waals surface area contributed by atoms with Crippen molar-refractivity contribution in [2.24, 2.45) is 0 Å². The third kappa shape index (κ3) is 2.60. The summed E-state index contributed by atoms with van der Waals surface area (Å²) in [5.74, 6) is 0.606. The summed E-state index contributed by atoms with van der Waals surface area (Å²) >= 11 is 6.10. The van der Waals surface area contributed by atoms with Crippen LogP contribution in [0, 0.1) is 0 Å². The van der Waals surface area contributed by atoms with Crippen molar-refractivity contribution >= 4 is 11.6 Å². The average molecular weight is 264 g/mol. The molecule has 2 heterocycles. The fraction of sp³-hybridized carbons (Fsp3) is 0.231. The molecule has 0 aliphatic heterocycles. The zero-order valence-corrected chi connectivity index (χ0v) is 11.0. The first-order chi connectivity index (χ1) is 8.76. The van der Waals surface area contributed by atoms with Gasteiger partial charge in [0.05, 0.1) is 17.8 Å². The van der Waals surface area contributed by atoms with Gasteiger partial charge in [-0.15, -0.1) is 0 Å². The summed E-state index contributed by atoms with van der Waals surface area (Å²) in [6, 6.07) is 5.74. The minimum absolute atomic E-state index is 0.577. The standard InChI is InChI=1S/C13H14ClN3O/c1-15-7-9-3-4-12(17-13(9)18-2)10-5-6-16-8-11(10)14/h3-6,8,15H,7H2,1-2H3. The van der Waals surface area contributed by atoms with Crippen molar-refractivity contribution in [3.63, 3.8) is 0 Å². The number of methoxy groups -OCH3 is 1. The Kier molecular flexibility index (Phi) is 4.12. The van der Waals surface area contributed by atoms with E-state index in [4.69, 9.17) is 16.3 Å². The van der Waals surface area contributed by atoms with Crippen LogP contribution in [0.4, 0.5) is 0 Å². The van der Waals surface area contributed by atoms with Gasteiger partial charge in [-0.1, -0.05) is 17.7 Å². The second kappa shape index (κ2) is 5.80. The van der Waals surface area contributed by atoms with E-state index in [0.717, 1.165) is 16.8 Å². The molecular weight excluding hydrogens is 250 g/mol. The minimum atomic E-state index is 0.577. The highest BCUT2D eigenvalue weighted by Gasteiger charge is 2.09. The van der Waals surface area contributed by atoms with Gasteiger partial charge < -0.3 is 10.1 Å². The number of hydrogen-bond donors (Lipinski definition) is 1. The van der Waals surface area contributed by atoms with Gasteiger partial charge >= 0.3 is 0 Å².